The van der Waals surface area contributed by atoms with E-state index in [1.807, 2.05) is 25.1 Å². The Morgan fingerprint density at radius 3 is 2.48 bits per heavy atom. The molecule has 1 N–H and O–H groups in total. The van der Waals surface area contributed by atoms with Crippen LogP contribution in [-0.2, 0) is 9.53 Å². The summed E-state index contributed by atoms with van der Waals surface area (Å²) in [4.78, 5) is 37.9. The maximum absolute atomic E-state index is 12.5. The molecule has 1 heterocycles. The van der Waals surface area contributed by atoms with Crippen molar-refractivity contribution < 1.29 is 28.7 Å². The fraction of sp³-hybridized carbons (Fsp3) is 0.391. The minimum Gasteiger partial charge on any atom is -0.493 e. The van der Waals surface area contributed by atoms with Gasteiger partial charge in [0, 0.05) is 30.5 Å². The van der Waals surface area contributed by atoms with Crippen LogP contribution in [0.25, 0.3) is 0 Å². The fourth-order valence-electron chi connectivity index (χ4n) is 3.65. The van der Waals surface area contributed by atoms with Gasteiger partial charge in [-0.25, -0.2) is 4.79 Å². The van der Waals surface area contributed by atoms with Crippen LogP contribution in [-0.4, -0.2) is 50.2 Å². The average molecular weight is 457 g/mol. The maximum Gasteiger partial charge on any atom is 0.345 e. The van der Waals surface area contributed by atoms with Crippen molar-refractivity contribution in [1.29, 1.82) is 0 Å². The molecule has 0 aromatic heterocycles. The van der Waals surface area contributed by atoms with E-state index in [1.165, 1.54) is 26.0 Å². The highest BCUT2D eigenvalue weighted by Crippen LogP contribution is 2.35. The lowest BCUT2D eigenvalue weighted by molar-refractivity contribution is -0.385. The quantitative estimate of drug-likeness (QED) is 0.344. The van der Waals surface area contributed by atoms with Gasteiger partial charge < -0.3 is 24.4 Å². The molecule has 176 valence electrons. The maximum atomic E-state index is 12.5. The van der Waals surface area contributed by atoms with E-state index in [-0.39, 0.29) is 23.7 Å². The Balaban J connectivity index is 1.67. The minimum absolute atomic E-state index is 0.116. The van der Waals surface area contributed by atoms with Crippen molar-refractivity contribution in [3.05, 3.63) is 51.6 Å². The van der Waals surface area contributed by atoms with Gasteiger partial charge in [0.2, 0.25) is 0 Å². The lowest BCUT2D eigenvalue weighted by Gasteiger charge is -2.19. The summed E-state index contributed by atoms with van der Waals surface area (Å²) in [5.74, 6) is -1.29. The van der Waals surface area contributed by atoms with Crippen molar-refractivity contribution in [1.82, 2.24) is 0 Å². The molecule has 10 nitrogen and oxygen atoms in total. The largest absolute Gasteiger partial charge is 0.493 e. The molecule has 3 rings (SSSR count). The molecule has 0 bridgehead atoms. The first-order valence-corrected chi connectivity index (χ1v) is 10.7. The molecule has 1 fully saturated rings. The molecule has 2 aromatic rings. The predicted molar refractivity (Wildman–Crippen MR) is 122 cm³/mol. The summed E-state index contributed by atoms with van der Waals surface area (Å²) < 4.78 is 15.5. The Morgan fingerprint density at radius 1 is 1.15 bits per heavy atom. The Morgan fingerprint density at radius 2 is 1.88 bits per heavy atom. The van der Waals surface area contributed by atoms with Gasteiger partial charge in [0.1, 0.15) is 5.56 Å². The molecular weight excluding hydrogens is 430 g/mol. The SMILES string of the molecule is CCOc1cc(C(=O)OCC(=O)Nc2ccc(N3CCCC3)cc2C)c([N+](=O)[O-])cc1OC. The van der Waals surface area contributed by atoms with Crippen LogP contribution < -0.4 is 19.7 Å². The predicted octanol–water partition coefficient (Wildman–Crippen LogP) is 3.71. The summed E-state index contributed by atoms with van der Waals surface area (Å²) in [6, 6.07) is 8.03. The first-order valence-electron chi connectivity index (χ1n) is 10.7. The van der Waals surface area contributed by atoms with Crippen LogP contribution in [0.4, 0.5) is 17.1 Å². The second kappa shape index (κ2) is 10.7. The van der Waals surface area contributed by atoms with Crippen LogP contribution in [0.3, 0.4) is 0 Å². The molecule has 1 aliphatic heterocycles. The number of ether oxygens (including phenoxy) is 3. The number of methoxy groups -OCH3 is 1. The third-order valence-electron chi connectivity index (χ3n) is 5.29. The molecule has 0 spiro atoms. The lowest BCUT2D eigenvalue weighted by Crippen LogP contribution is -2.22. The van der Waals surface area contributed by atoms with E-state index in [1.54, 1.807) is 6.92 Å². The number of benzene rings is 2. The molecule has 0 radical (unpaired) electrons. The molecule has 0 saturated carbocycles. The molecular formula is C23H27N3O7. The van der Waals surface area contributed by atoms with Crippen LogP contribution in [0.2, 0.25) is 0 Å². The zero-order valence-electron chi connectivity index (χ0n) is 18.9. The van der Waals surface area contributed by atoms with Crippen molar-refractivity contribution in [2.24, 2.45) is 0 Å². The Bertz CT molecular complexity index is 1050. The van der Waals surface area contributed by atoms with Gasteiger partial charge in [0.15, 0.2) is 18.1 Å². The summed E-state index contributed by atoms with van der Waals surface area (Å²) in [5, 5.41) is 14.1. The number of rotatable bonds is 9. The summed E-state index contributed by atoms with van der Waals surface area (Å²) in [6.07, 6.45) is 2.34. The first-order chi connectivity index (χ1) is 15.8. The summed E-state index contributed by atoms with van der Waals surface area (Å²) in [7, 11) is 1.34. The molecule has 1 aliphatic rings. The van der Waals surface area contributed by atoms with E-state index in [9.17, 15) is 19.7 Å². The number of nitrogens with zero attached hydrogens (tertiary/aromatic N) is 2. The van der Waals surface area contributed by atoms with Gasteiger partial charge in [0.25, 0.3) is 11.6 Å². The van der Waals surface area contributed by atoms with Crippen LogP contribution in [0.15, 0.2) is 30.3 Å². The van der Waals surface area contributed by atoms with E-state index in [0.717, 1.165) is 30.4 Å². The minimum atomic E-state index is -1.01. The zero-order chi connectivity index (χ0) is 24.0. The molecule has 0 atom stereocenters. The van der Waals surface area contributed by atoms with Gasteiger partial charge in [0.05, 0.1) is 24.7 Å². The number of hydrogen-bond acceptors (Lipinski definition) is 8. The molecule has 2 aromatic carbocycles. The Hall–Kier alpha value is -3.82. The number of carbonyl (C=O) groups excluding carboxylic acids is 2. The van der Waals surface area contributed by atoms with Crippen LogP contribution in [0.5, 0.6) is 11.5 Å². The third-order valence-corrected chi connectivity index (χ3v) is 5.29. The molecule has 0 unspecified atom stereocenters. The number of nitro groups is 1. The Kier molecular flexibility index (Phi) is 7.70. The zero-order valence-corrected chi connectivity index (χ0v) is 18.9. The molecule has 1 amide bonds. The average Bonchev–Trinajstić information content (AvgIpc) is 3.33. The number of esters is 1. The van der Waals surface area contributed by atoms with Crippen molar-refractivity contribution >= 4 is 28.9 Å². The molecule has 10 heteroatoms. The lowest BCUT2D eigenvalue weighted by atomic mass is 10.1. The van der Waals surface area contributed by atoms with E-state index in [4.69, 9.17) is 14.2 Å². The highest BCUT2D eigenvalue weighted by molar-refractivity contribution is 5.98. The number of nitro benzene ring substituents is 1. The fourth-order valence-corrected chi connectivity index (χ4v) is 3.65. The second-order valence-electron chi connectivity index (χ2n) is 7.53. The summed E-state index contributed by atoms with van der Waals surface area (Å²) in [6.45, 7) is 5.31. The van der Waals surface area contributed by atoms with Crippen molar-refractivity contribution in [2.75, 3.05) is 43.6 Å². The Labute approximate surface area is 191 Å². The molecule has 0 aliphatic carbocycles. The van der Waals surface area contributed by atoms with Crippen molar-refractivity contribution in [2.45, 2.75) is 26.7 Å². The monoisotopic (exact) mass is 457 g/mol. The van der Waals surface area contributed by atoms with E-state index < -0.39 is 29.1 Å². The van der Waals surface area contributed by atoms with Crippen LogP contribution >= 0.6 is 0 Å². The van der Waals surface area contributed by atoms with E-state index in [2.05, 4.69) is 10.2 Å². The van der Waals surface area contributed by atoms with Gasteiger partial charge >= 0.3 is 5.97 Å². The first kappa shape index (κ1) is 23.8. The van der Waals surface area contributed by atoms with E-state index in [0.29, 0.717) is 5.69 Å². The van der Waals surface area contributed by atoms with E-state index >= 15 is 0 Å². The van der Waals surface area contributed by atoms with Crippen molar-refractivity contribution in [3.63, 3.8) is 0 Å². The summed E-state index contributed by atoms with van der Waals surface area (Å²) >= 11 is 0. The second-order valence-corrected chi connectivity index (χ2v) is 7.53. The molecule has 33 heavy (non-hydrogen) atoms. The van der Waals surface area contributed by atoms with Crippen LogP contribution in [0.1, 0.15) is 35.7 Å². The van der Waals surface area contributed by atoms with Crippen LogP contribution in [0, 0.1) is 17.0 Å². The highest BCUT2D eigenvalue weighted by Gasteiger charge is 2.26. The summed E-state index contributed by atoms with van der Waals surface area (Å²) in [5.41, 5.74) is 1.75. The third kappa shape index (κ3) is 5.71. The van der Waals surface area contributed by atoms with Gasteiger partial charge in [-0.3, -0.25) is 14.9 Å². The number of nitrogens with one attached hydrogen (secondary N) is 1. The number of carbonyl (C=O) groups is 2. The highest BCUT2D eigenvalue weighted by atomic mass is 16.6. The normalized spacial score (nSPS) is 12.9. The molecule has 1 saturated heterocycles. The van der Waals surface area contributed by atoms with Gasteiger partial charge in [-0.15, -0.1) is 0 Å². The number of hydrogen-bond donors (Lipinski definition) is 1. The van der Waals surface area contributed by atoms with Crippen molar-refractivity contribution in [3.8, 4) is 11.5 Å². The standard InChI is InChI=1S/C23H27N3O7/c1-4-32-21-12-17(19(26(29)30)13-20(21)31-3)23(28)33-14-22(27)24-18-8-7-16(11-15(18)2)25-9-5-6-10-25/h7-8,11-13H,4-6,9-10,14H2,1-3H3,(H,24,27). The topological polar surface area (TPSA) is 120 Å². The van der Waals surface area contributed by atoms with Gasteiger partial charge in [-0.05, 0) is 50.5 Å². The van der Waals surface area contributed by atoms with Gasteiger partial charge in [-0.2, -0.15) is 0 Å². The van der Waals surface area contributed by atoms with Gasteiger partial charge in [-0.1, -0.05) is 0 Å². The number of aryl methyl sites for hydroxylation is 1. The number of amides is 1. The smallest absolute Gasteiger partial charge is 0.345 e. The number of anilines is 2.